The second-order valence-electron chi connectivity index (χ2n) is 5.03. The maximum absolute atomic E-state index is 9.76. The highest BCUT2D eigenvalue weighted by Gasteiger charge is 2.26. The Hall–Kier alpha value is -0.520. The zero-order valence-electron chi connectivity index (χ0n) is 13.3. The smallest absolute Gasteiger partial charge is 0.304 e. The molecule has 0 aliphatic heterocycles. The maximum Gasteiger partial charge on any atom is 0.304 e. The topological polar surface area (TPSA) is 156 Å². The van der Waals surface area contributed by atoms with Crippen LogP contribution < -0.4 is 0 Å². The number of carboxylic acids is 2. The highest BCUT2D eigenvalue weighted by Crippen LogP contribution is 2.11. The highest BCUT2D eigenvalue weighted by molar-refractivity contribution is 7.81. The van der Waals surface area contributed by atoms with Crippen LogP contribution in [0.4, 0.5) is 0 Å². The average Bonchev–Trinajstić information content (AvgIpc) is 2.40. The number of aliphatic hydroxyl groups is 4. The van der Waals surface area contributed by atoms with Gasteiger partial charge in [-0.25, -0.2) is 0 Å². The third-order valence-electron chi connectivity index (χ3n) is 2.28. The van der Waals surface area contributed by atoms with Crippen LogP contribution in [0.1, 0.15) is 26.7 Å². The fourth-order valence-electron chi connectivity index (χ4n) is 0.805. The number of thiol groups is 2. The van der Waals surface area contributed by atoms with Gasteiger partial charge in [-0.3, -0.25) is 9.59 Å². The van der Waals surface area contributed by atoms with Crippen LogP contribution in [0.5, 0.6) is 0 Å². The molecule has 0 fully saturated rings. The van der Waals surface area contributed by atoms with E-state index in [1.807, 2.05) is 0 Å². The molecular weight excluding hydrogens is 348 g/mol. The van der Waals surface area contributed by atoms with Crippen molar-refractivity contribution in [2.45, 2.75) is 37.2 Å². The van der Waals surface area contributed by atoms with E-state index in [1.165, 1.54) is 0 Å². The Morgan fingerprint density at radius 3 is 1.00 bits per heavy atom. The SMILES string of the molecule is CC(S)CC(=O)O.CC(S)CC(=O)O.OCC(CO)(CO)CO. The van der Waals surface area contributed by atoms with Crippen LogP contribution in [-0.2, 0) is 9.59 Å². The van der Waals surface area contributed by atoms with Crippen molar-refractivity contribution in [1.82, 2.24) is 0 Å². The van der Waals surface area contributed by atoms with Gasteiger partial charge >= 0.3 is 11.9 Å². The van der Waals surface area contributed by atoms with Gasteiger partial charge in [-0.2, -0.15) is 25.3 Å². The lowest BCUT2D eigenvalue weighted by Gasteiger charge is -2.23. The number of aliphatic hydroxyl groups excluding tert-OH is 4. The number of hydrogen-bond donors (Lipinski definition) is 8. The summed E-state index contributed by atoms with van der Waals surface area (Å²) in [6, 6.07) is 0. The van der Waals surface area contributed by atoms with Gasteiger partial charge in [0.15, 0.2) is 0 Å². The minimum absolute atomic E-state index is 0.0301. The van der Waals surface area contributed by atoms with Crippen molar-refractivity contribution >= 4 is 37.2 Å². The first-order valence-corrected chi connectivity index (χ1v) is 7.76. The van der Waals surface area contributed by atoms with Crippen LogP contribution in [0, 0.1) is 5.41 Å². The van der Waals surface area contributed by atoms with E-state index >= 15 is 0 Å². The molecule has 0 radical (unpaired) electrons. The average molecular weight is 376 g/mol. The summed E-state index contributed by atoms with van der Waals surface area (Å²) in [6.45, 7) is 1.87. The number of aliphatic carboxylic acids is 2. The van der Waals surface area contributed by atoms with Crippen LogP contribution in [-0.4, -0.2) is 79.5 Å². The molecular formula is C13H28O8S2. The Labute approximate surface area is 147 Å². The Bertz CT molecular complexity index is 269. The van der Waals surface area contributed by atoms with Crippen molar-refractivity contribution in [3.63, 3.8) is 0 Å². The predicted molar refractivity (Wildman–Crippen MR) is 92.2 cm³/mol. The van der Waals surface area contributed by atoms with Gasteiger partial charge in [-0.15, -0.1) is 0 Å². The van der Waals surface area contributed by atoms with E-state index in [0.717, 1.165) is 0 Å². The van der Waals surface area contributed by atoms with Crippen molar-refractivity contribution < 1.29 is 40.2 Å². The number of rotatable bonds is 8. The summed E-state index contributed by atoms with van der Waals surface area (Å²) in [5, 5.41) is 50.0. The predicted octanol–water partition coefficient (Wildman–Crippen LogP) is -0.499. The van der Waals surface area contributed by atoms with Crippen molar-refractivity contribution in [2.75, 3.05) is 26.4 Å². The lowest BCUT2D eigenvalue weighted by atomic mass is 9.93. The lowest BCUT2D eigenvalue weighted by molar-refractivity contribution is -0.137. The van der Waals surface area contributed by atoms with E-state index < -0.39 is 43.8 Å². The molecule has 0 bridgehead atoms. The fourth-order valence-corrected chi connectivity index (χ4v) is 1.12. The van der Waals surface area contributed by atoms with E-state index in [4.69, 9.17) is 30.6 Å². The van der Waals surface area contributed by atoms with Crippen LogP contribution in [0.15, 0.2) is 0 Å². The van der Waals surface area contributed by atoms with Gasteiger partial charge in [-0.05, 0) is 0 Å². The first-order valence-electron chi connectivity index (χ1n) is 6.73. The number of carbonyl (C=O) groups is 2. The first kappa shape index (κ1) is 27.3. The molecule has 6 N–H and O–H groups in total. The molecule has 8 nitrogen and oxygen atoms in total. The highest BCUT2D eigenvalue weighted by atomic mass is 32.1. The summed E-state index contributed by atoms with van der Waals surface area (Å²) in [5.41, 5.74) is -1.11. The second-order valence-corrected chi connectivity index (χ2v) is 6.79. The van der Waals surface area contributed by atoms with Crippen LogP contribution in [0.2, 0.25) is 0 Å². The molecule has 0 rings (SSSR count). The monoisotopic (exact) mass is 376 g/mol. The number of carboxylic acid groups (broad SMARTS) is 2. The molecule has 140 valence electrons. The summed E-state index contributed by atoms with van der Waals surface area (Å²) < 4.78 is 0. The summed E-state index contributed by atoms with van der Waals surface area (Å²) >= 11 is 7.71. The largest absolute Gasteiger partial charge is 0.481 e. The Morgan fingerprint density at radius 1 is 0.783 bits per heavy atom. The van der Waals surface area contributed by atoms with Crippen molar-refractivity contribution in [3.8, 4) is 0 Å². The molecule has 0 saturated heterocycles. The summed E-state index contributed by atoms with van der Waals surface area (Å²) in [5.74, 6) is -1.58. The first-order chi connectivity index (χ1) is 10.5. The van der Waals surface area contributed by atoms with Gasteiger partial charge < -0.3 is 30.6 Å². The molecule has 0 saturated carbocycles. The standard InChI is InChI=1S/C5H12O4.2C4H8O2S/c6-1-5(2-7,3-8)4-9;2*1-3(7)2-4(5)6/h6-9H,1-4H2;2*3,7H,2H2,1H3,(H,5,6). The van der Waals surface area contributed by atoms with E-state index in [0.29, 0.717) is 0 Å². The summed E-state index contributed by atoms with van der Waals surface area (Å²) in [4.78, 5) is 19.5. The minimum atomic E-state index is -1.11. The number of hydrogen-bond acceptors (Lipinski definition) is 8. The molecule has 0 amide bonds. The molecule has 0 aromatic carbocycles. The molecule has 0 spiro atoms. The van der Waals surface area contributed by atoms with E-state index in [1.54, 1.807) is 13.8 Å². The minimum Gasteiger partial charge on any atom is -0.481 e. The zero-order valence-corrected chi connectivity index (χ0v) is 15.1. The Morgan fingerprint density at radius 2 is 1.00 bits per heavy atom. The molecule has 23 heavy (non-hydrogen) atoms. The van der Waals surface area contributed by atoms with Crippen LogP contribution in [0.3, 0.4) is 0 Å². The molecule has 0 heterocycles. The lowest BCUT2D eigenvalue weighted by Crippen LogP contribution is -2.37. The van der Waals surface area contributed by atoms with Crippen LogP contribution in [0.25, 0.3) is 0 Å². The third kappa shape index (κ3) is 21.5. The fraction of sp³-hybridized carbons (Fsp3) is 0.846. The molecule has 10 heteroatoms. The molecule has 0 aromatic heterocycles. The summed E-state index contributed by atoms with van der Waals surface area (Å²) in [6.07, 6.45) is 0.284. The van der Waals surface area contributed by atoms with Gasteiger partial charge in [0, 0.05) is 10.5 Å². The molecule has 0 aliphatic rings. The summed E-state index contributed by atoms with van der Waals surface area (Å²) in [7, 11) is 0. The normalized spacial score (nSPS) is 12.9. The Kier molecular flexibility index (Phi) is 19.4. The third-order valence-corrected chi connectivity index (χ3v) is 2.65. The zero-order chi connectivity index (χ0) is 19.1. The molecule has 2 atom stereocenters. The van der Waals surface area contributed by atoms with E-state index in [-0.39, 0.29) is 23.3 Å². The van der Waals surface area contributed by atoms with E-state index in [2.05, 4.69) is 25.3 Å². The van der Waals surface area contributed by atoms with Gasteiger partial charge in [0.25, 0.3) is 0 Å². The quantitative estimate of drug-likeness (QED) is 0.264. The van der Waals surface area contributed by atoms with Gasteiger partial charge in [0.1, 0.15) is 0 Å². The molecule has 0 aromatic rings. The molecule has 0 aliphatic carbocycles. The Balaban J connectivity index is -0.000000264. The van der Waals surface area contributed by atoms with E-state index in [9.17, 15) is 9.59 Å². The maximum atomic E-state index is 9.76. The van der Waals surface area contributed by atoms with Crippen molar-refractivity contribution in [1.29, 1.82) is 0 Å². The van der Waals surface area contributed by atoms with Crippen LogP contribution >= 0.6 is 25.3 Å². The van der Waals surface area contributed by atoms with Crippen molar-refractivity contribution in [3.05, 3.63) is 0 Å². The van der Waals surface area contributed by atoms with Gasteiger partial charge in [-0.1, -0.05) is 13.8 Å². The van der Waals surface area contributed by atoms with Gasteiger partial charge in [0.05, 0.1) is 44.7 Å². The van der Waals surface area contributed by atoms with Gasteiger partial charge in [0.2, 0.25) is 0 Å². The van der Waals surface area contributed by atoms with Crippen molar-refractivity contribution in [2.24, 2.45) is 5.41 Å². The second kappa shape index (κ2) is 16.3. The molecule has 2 unspecified atom stereocenters.